The summed E-state index contributed by atoms with van der Waals surface area (Å²) in [6.07, 6.45) is 0. The number of hydrogen-bond acceptors (Lipinski definition) is 4. The van der Waals surface area contributed by atoms with Gasteiger partial charge in [-0.2, -0.15) is 17.0 Å². The molecule has 1 rings (SSSR count). The Morgan fingerprint density at radius 2 is 1.94 bits per heavy atom. The van der Waals surface area contributed by atoms with Crippen LogP contribution in [0.3, 0.4) is 0 Å². The van der Waals surface area contributed by atoms with Crippen LogP contribution in [0.2, 0.25) is 0 Å². The van der Waals surface area contributed by atoms with Crippen LogP contribution in [0.4, 0.5) is 0 Å². The number of ether oxygens (including phenoxy) is 1. The van der Waals surface area contributed by atoms with E-state index in [4.69, 9.17) is 4.74 Å². The van der Waals surface area contributed by atoms with Crippen LogP contribution in [0.5, 0.6) is 0 Å². The predicted molar refractivity (Wildman–Crippen MR) is 65.1 cm³/mol. The Bertz CT molecular complexity index is 295. The average Bonchev–Trinajstić information content (AvgIpc) is 2.11. The van der Waals surface area contributed by atoms with E-state index in [-0.39, 0.29) is 18.4 Å². The molecule has 8 heteroatoms. The molecule has 0 radical (unpaired) electrons. The summed E-state index contributed by atoms with van der Waals surface area (Å²) in [6, 6.07) is 0.0833. The molecule has 0 aromatic heterocycles. The summed E-state index contributed by atoms with van der Waals surface area (Å²) in [5.74, 6) is 0. The van der Waals surface area contributed by atoms with Crippen molar-refractivity contribution in [1.29, 1.82) is 0 Å². The molecule has 0 aromatic carbocycles. The van der Waals surface area contributed by atoms with Gasteiger partial charge in [-0.25, -0.2) is 0 Å². The molecule has 0 bridgehead atoms. The van der Waals surface area contributed by atoms with Crippen molar-refractivity contribution >= 4 is 22.6 Å². The van der Waals surface area contributed by atoms with Gasteiger partial charge in [-0.05, 0) is 0 Å². The molecular weight excluding hydrogens is 254 g/mol. The number of nitrogens with one attached hydrogen (secondary N) is 1. The second kappa shape index (κ2) is 6.73. The number of likely N-dealkylation sites (N-methyl/N-ethyl adjacent to an activating group) is 2. The third-order valence-electron chi connectivity index (χ3n) is 2.64. The Balaban J connectivity index is 0.00000225. The van der Waals surface area contributed by atoms with Crippen LogP contribution in [0.15, 0.2) is 0 Å². The highest BCUT2D eigenvalue weighted by atomic mass is 35.5. The van der Waals surface area contributed by atoms with E-state index in [0.717, 1.165) is 13.1 Å². The molecule has 98 valence electrons. The maximum atomic E-state index is 11.9. The fraction of sp³-hybridized carbons (Fsp3) is 1.00. The first-order valence-corrected chi connectivity index (χ1v) is 6.28. The lowest BCUT2D eigenvalue weighted by atomic mass is 10.2. The topological polar surface area (TPSA) is 61.9 Å². The van der Waals surface area contributed by atoms with Gasteiger partial charge in [-0.3, -0.25) is 0 Å². The van der Waals surface area contributed by atoms with Crippen molar-refractivity contribution in [2.45, 2.75) is 6.04 Å². The minimum atomic E-state index is -3.32. The van der Waals surface area contributed by atoms with E-state index in [2.05, 4.69) is 5.32 Å². The van der Waals surface area contributed by atoms with Crippen LogP contribution in [-0.2, 0) is 14.9 Å². The highest BCUT2D eigenvalue weighted by molar-refractivity contribution is 7.86. The largest absolute Gasteiger partial charge is 0.383 e. The molecule has 0 aliphatic carbocycles. The molecule has 0 unspecified atom stereocenters. The lowest BCUT2D eigenvalue weighted by molar-refractivity contribution is 0.179. The molecule has 0 saturated carbocycles. The summed E-state index contributed by atoms with van der Waals surface area (Å²) in [7, 11) is 1.41. The SMILES string of the molecule is COCCN(C)S(=O)(=O)N(C)C1CNC1.Cl. The molecule has 1 aliphatic rings. The third kappa shape index (κ3) is 3.54. The fourth-order valence-electron chi connectivity index (χ4n) is 1.27. The smallest absolute Gasteiger partial charge is 0.281 e. The first-order chi connectivity index (χ1) is 7.00. The lowest BCUT2D eigenvalue weighted by Gasteiger charge is -2.36. The van der Waals surface area contributed by atoms with Gasteiger partial charge in [0.15, 0.2) is 0 Å². The number of halogens is 1. The predicted octanol–water partition coefficient (Wildman–Crippen LogP) is -0.865. The Kier molecular flexibility index (Phi) is 6.76. The summed E-state index contributed by atoms with van der Waals surface area (Å²) in [5, 5.41) is 3.05. The van der Waals surface area contributed by atoms with Crippen LogP contribution in [0.25, 0.3) is 0 Å². The van der Waals surface area contributed by atoms with Gasteiger partial charge in [0, 0.05) is 40.8 Å². The zero-order valence-electron chi connectivity index (χ0n) is 9.84. The summed E-state index contributed by atoms with van der Waals surface area (Å²) in [5.41, 5.74) is 0. The molecule has 1 heterocycles. The van der Waals surface area contributed by atoms with Gasteiger partial charge in [0.2, 0.25) is 0 Å². The molecule has 1 N–H and O–H groups in total. The van der Waals surface area contributed by atoms with Crippen molar-refractivity contribution in [2.24, 2.45) is 0 Å². The Morgan fingerprint density at radius 3 is 2.31 bits per heavy atom. The summed E-state index contributed by atoms with van der Waals surface area (Å²) in [6.45, 7) is 2.25. The van der Waals surface area contributed by atoms with Gasteiger partial charge in [0.25, 0.3) is 10.2 Å². The second-order valence-electron chi connectivity index (χ2n) is 3.65. The van der Waals surface area contributed by atoms with Crippen LogP contribution < -0.4 is 5.32 Å². The highest BCUT2D eigenvalue weighted by Gasteiger charge is 2.32. The van der Waals surface area contributed by atoms with Gasteiger partial charge in [-0.1, -0.05) is 0 Å². The first-order valence-electron chi connectivity index (χ1n) is 4.89. The van der Waals surface area contributed by atoms with E-state index in [1.165, 1.54) is 8.61 Å². The Labute approximate surface area is 104 Å². The van der Waals surface area contributed by atoms with E-state index in [1.807, 2.05) is 0 Å². The molecular formula is C8H20ClN3O3S. The van der Waals surface area contributed by atoms with Crippen molar-refractivity contribution < 1.29 is 13.2 Å². The van der Waals surface area contributed by atoms with Crippen LogP contribution in [-0.4, -0.2) is 70.5 Å². The Morgan fingerprint density at radius 1 is 1.38 bits per heavy atom. The molecule has 16 heavy (non-hydrogen) atoms. The van der Waals surface area contributed by atoms with Crippen LogP contribution >= 0.6 is 12.4 Å². The highest BCUT2D eigenvalue weighted by Crippen LogP contribution is 2.11. The van der Waals surface area contributed by atoms with Crippen LogP contribution in [0, 0.1) is 0 Å². The minimum Gasteiger partial charge on any atom is -0.383 e. The number of rotatable bonds is 6. The van der Waals surface area contributed by atoms with Gasteiger partial charge in [0.1, 0.15) is 0 Å². The maximum absolute atomic E-state index is 11.9. The van der Waals surface area contributed by atoms with E-state index >= 15 is 0 Å². The van der Waals surface area contributed by atoms with E-state index < -0.39 is 10.2 Å². The van der Waals surface area contributed by atoms with Crippen molar-refractivity contribution in [1.82, 2.24) is 13.9 Å². The van der Waals surface area contributed by atoms with Crippen molar-refractivity contribution in [2.75, 3.05) is 47.4 Å². The molecule has 1 fully saturated rings. The number of nitrogens with zero attached hydrogens (tertiary/aromatic N) is 2. The monoisotopic (exact) mass is 273 g/mol. The maximum Gasteiger partial charge on any atom is 0.281 e. The standard InChI is InChI=1S/C8H19N3O3S.ClH/c1-10(4-5-14-3)15(12,13)11(2)8-6-9-7-8;/h8-9H,4-7H2,1-3H3;1H. The minimum absolute atomic E-state index is 0. The lowest BCUT2D eigenvalue weighted by Crippen LogP contribution is -2.59. The first kappa shape index (κ1) is 16.1. The molecule has 0 spiro atoms. The van der Waals surface area contributed by atoms with Crippen molar-refractivity contribution in [3.05, 3.63) is 0 Å². The summed E-state index contributed by atoms with van der Waals surface area (Å²) >= 11 is 0. The summed E-state index contributed by atoms with van der Waals surface area (Å²) in [4.78, 5) is 0. The van der Waals surface area contributed by atoms with E-state index in [9.17, 15) is 8.42 Å². The van der Waals surface area contributed by atoms with Gasteiger partial charge in [-0.15, -0.1) is 12.4 Å². The normalized spacial score (nSPS) is 17.3. The molecule has 1 saturated heterocycles. The zero-order chi connectivity index (χ0) is 11.5. The average molecular weight is 274 g/mol. The van der Waals surface area contributed by atoms with Gasteiger partial charge < -0.3 is 10.1 Å². The molecule has 1 aliphatic heterocycles. The van der Waals surface area contributed by atoms with Crippen molar-refractivity contribution in [3.8, 4) is 0 Å². The molecule has 0 aromatic rings. The molecule has 0 atom stereocenters. The zero-order valence-corrected chi connectivity index (χ0v) is 11.5. The van der Waals surface area contributed by atoms with E-state index in [1.54, 1.807) is 21.2 Å². The number of methoxy groups -OCH3 is 1. The van der Waals surface area contributed by atoms with E-state index in [0.29, 0.717) is 13.2 Å². The third-order valence-corrected chi connectivity index (χ3v) is 4.64. The van der Waals surface area contributed by atoms with Crippen molar-refractivity contribution in [3.63, 3.8) is 0 Å². The Hall–Kier alpha value is 0.0800. The summed E-state index contributed by atoms with van der Waals surface area (Å²) < 4.78 is 31.5. The second-order valence-corrected chi connectivity index (χ2v) is 5.75. The van der Waals surface area contributed by atoms with Gasteiger partial charge in [0.05, 0.1) is 12.6 Å². The molecule has 0 amide bonds. The van der Waals surface area contributed by atoms with Crippen LogP contribution in [0.1, 0.15) is 0 Å². The molecule has 6 nitrogen and oxygen atoms in total. The number of hydrogen-bond donors (Lipinski definition) is 1. The fourth-order valence-corrected chi connectivity index (χ4v) is 2.54. The van der Waals surface area contributed by atoms with Gasteiger partial charge >= 0.3 is 0 Å². The quantitative estimate of drug-likeness (QED) is 0.684.